The molecule has 1 heterocycles. The Hall–Kier alpha value is -0.860. The molecular weight excluding hydrogens is 234 g/mol. The first-order valence-electron chi connectivity index (χ1n) is 6.20. The summed E-state index contributed by atoms with van der Waals surface area (Å²) in [6, 6.07) is 7.76. The lowest BCUT2D eigenvalue weighted by atomic mass is 9.69. The van der Waals surface area contributed by atoms with Gasteiger partial charge in [-0.1, -0.05) is 36.7 Å². The van der Waals surface area contributed by atoms with E-state index in [0.717, 1.165) is 36.5 Å². The van der Waals surface area contributed by atoms with Crippen molar-refractivity contribution in [3.8, 4) is 0 Å². The Morgan fingerprint density at radius 3 is 2.59 bits per heavy atom. The largest absolute Gasteiger partial charge is 0.317 e. The van der Waals surface area contributed by atoms with Crippen molar-refractivity contribution in [2.45, 2.75) is 31.6 Å². The van der Waals surface area contributed by atoms with Crippen LogP contribution in [0.5, 0.6) is 0 Å². The van der Waals surface area contributed by atoms with Crippen LogP contribution in [0.3, 0.4) is 0 Å². The maximum Gasteiger partial charge on any atom is 0.143 e. The molecule has 2 nitrogen and oxygen atoms in total. The summed E-state index contributed by atoms with van der Waals surface area (Å²) in [7, 11) is 0. The van der Waals surface area contributed by atoms with Crippen LogP contribution in [0.25, 0.3) is 0 Å². The quantitative estimate of drug-likeness (QED) is 0.895. The molecule has 0 bridgehead atoms. The Kier molecular flexibility index (Phi) is 3.85. The lowest BCUT2D eigenvalue weighted by Gasteiger charge is -2.37. The first-order chi connectivity index (χ1) is 8.20. The van der Waals surface area contributed by atoms with Crippen LogP contribution in [-0.2, 0) is 10.2 Å². The van der Waals surface area contributed by atoms with Crippen LogP contribution in [0.1, 0.15) is 31.7 Å². The summed E-state index contributed by atoms with van der Waals surface area (Å²) in [4.78, 5) is 12.4. The highest BCUT2D eigenvalue weighted by Crippen LogP contribution is 2.39. The number of ketones is 1. The second kappa shape index (κ2) is 5.19. The first kappa shape index (κ1) is 12.6. The lowest BCUT2D eigenvalue weighted by molar-refractivity contribution is -0.125. The summed E-state index contributed by atoms with van der Waals surface area (Å²) in [5.41, 5.74) is 0.647. The number of rotatable bonds is 3. The van der Waals surface area contributed by atoms with E-state index in [1.807, 2.05) is 31.2 Å². The number of benzene rings is 1. The van der Waals surface area contributed by atoms with Gasteiger partial charge < -0.3 is 5.32 Å². The second-order valence-electron chi connectivity index (χ2n) is 4.59. The van der Waals surface area contributed by atoms with Crippen molar-refractivity contribution in [3.05, 3.63) is 34.9 Å². The zero-order valence-corrected chi connectivity index (χ0v) is 10.9. The normalized spacial score (nSPS) is 18.9. The van der Waals surface area contributed by atoms with E-state index < -0.39 is 0 Å². The van der Waals surface area contributed by atoms with E-state index in [4.69, 9.17) is 11.6 Å². The van der Waals surface area contributed by atoms with Crippen molar-refractivity contribution < 1.29 is 4.79 Å². The molecule has 0 saturated carbocycles. The number of carbonyl (C=O) groups is 1. The maximum absolute atomic E-state index is 12.4. The molecule has 0 aromatic heterocycles. The molecule has 0 atom stereocenters. The molecule has 2 rings (SSSR count). The first-order valence-corrected chi connectivity index (χ1v) is 6.57. The highest BCUT2D eigenvalue weighted by Gasteiger charge is 2.40. The number of nitrogens with one attached hydrogen (secondary N) is 1. The van der Waals surface area contributed by atoms with E-state index in [-0.39, 0.29) is 5.41 Å². The highest BCUT2D eigenvalue weighted by atomic mass is 35.5. The maximum atomic E-state index is 12.4. The Morgan fingerprint density at radius 2 is 2.00 bits per heavy atom. The van der Waals surface area contributed by atoms with Gasteiger partial charge in [0.25, 0.3) is 0 Å². The Balaban J connectivity index is 2.46. The van der Waals surface area contributed by atoms with E-state index in [1.54, 1.807) is 0 Å². The lowest BCUT2D eigenvalue weighted by Crippen LogP contribution is -2.45. The minimum Gasteiger partial charge on any atom is -0.317 e. The van der Waals surface area contributed by atoms with Gasteiger partial charge >= 0.3 is 0 Å². The van der Waals surface area contributed by atoms with Gasteiger partial charge in [-0.3, -0.25) is 4.79 Å². The molecule has 3 heteroatoms. The van der Waals surface area contributed by atoms with E-state index in [9.17, 15) is 4.79 Å². The summed E-state index contributed by atoms with van der Waals surface area (Å²) < 4.78 is 0. The van der Waals surface area contributed by atoms with Gasteiger partial charge in [0, 0.05) is 11.4 Å². The summed E-state index contributed by atoms with van der Waals surface area (Å²) in [5, 5.41) is 4.03. The molecule has 92 valence electrons. The Labute approximate surface area is 107 Å². The topological polar surface area (TPSA) is 29.1 Å². The third-order valence-electron chi connectivity index (χ3n) is 3.70. The summed E-state index contributed by atoms with van der Waals surface area (Å²) >= 11 is 6.28. The number of halogens is 1. The van der Waals surface area contributed by atoms with Crippen molar-refractivity contribution in [2.24, 2.45) is 0 Å². The third-order valence-corrected chi connectivity index (χ3v) is 4.03. The fourth-order valence-electron chi connectivity index (χ4n) is 2.74. The molecule has 0 unspecified atom stereocenters. The van der Waals surface area contributed by atoms with Crippen LogP contribution in [-0.4, -0.2) is 18.9 Å². The van der Waals surface area contributed by atoms with Gasteiger partial charge in [-0.05, 0) is 37.6 Å². The molecule has 0 aliphatic carbocycles. The van der Waals surface area contributed by atoms with Crippen LogP contribution < -0.4 is 5.32 Å². The molecule has 1 N–H and O–H groups in total. The fourth-order valence-corrected chi connectivity index (χ4v) is 3.06. The molecule has 1 aromatic carbocycles. The monoisotopic (exact) mass is 251 g/mol. The standard InChI is InChI=1S/C14H18ClNO/c1-2-13(17)14(7-9-16-10-8-14)11-5-3-4-6-12(11)15/h3-6,16H,2,7-10H2,1H3. The van der Waals surface area contributed by atoms with Gasteiger partial charge in [0.05, 0.1) is 5.41 Å². The molecule has 1 aliphatic rings. The van der Waals surface area contributed by atoms with Gasteiger partial charge in [0.15, 0.2) is 0 Å². The predicted octanol–water partition coefficient (Wildman–Crippen LogP) is 2.94. The average molecular weight is 252 g/mol. The second-order valence-corrected chi connectivity index (χ2v) is 5.00. The van der Waals surface area contributed by atoms with Gasteiger partial charge in [-0.15, -0.1) is 0 Å². The van der Waals surface area contributed by atoms with Crippen molar-refractivity contribution in [3.63, 3.8) is 0 Å². The molecule has 0 radical (unpaired) electrons. The van der Waals surface area contributed by atoms with Crippen molar-refractivity contribution in [1.29, 1.82) is 0 Å². The number of piperidine rings is 1. The van der Waals surface area contributed by atoms with Gasteiger partial charge in [-0.2, -0.15) is 0 Å². The van der Waals surface area contributed by atoms with Crippen LogP contribution in [0.4, 0.5) is 0 Å². The number of hydrogen-bond acceptors (Lipinski definition) is 2. The molecule has 1 saturated heterocycles. The molecule has 1 fully saturated rings. The zero-order chi connectivity index (χ0) is 12.3. The molecule has 1 aliphatic heterocycles. The van der Waals surface area contributed by atoms with Gasteiger partial charge in [-0.25, -0.2) is 0 Å². The van der Waals surface area contributed by atoms with E-state index in [1.165, 1.54) is 0 Å². The minimum absolute atomic E-state index is 0.312. The molecule has 1 aromatic rings. The fraction of sp³-hybridized carbons (Fsp3) is 0.500. The molecule has 17 heavy (non-hydrogen) atoms. The van der Waals surface area contributed by atoms with E-state index >= 15 is 0 Å². The SMILES string of the molecule is CCC(=O)C1(c2ccccc2Cl)CCNCC1. The van der Waals surface area contributed by atoms with Crippen molar-refractivity contribution >= 4 is 17.4 Å². The van der Waals surface area contributed by atoms with Crippen molar-refractivity contribution in [1.82, 2.24) is 5.32 Å². The smallest absolute Gasteiger partial charge is 0.143 e. The summed E-state index contributed by atoms with van der Waals surface area (Å²) in [6.07, 6.45) is 2.28. The minimum atomic E-state index is -0.363. The average Bonchev–Trinajstić information content (AvgIpc) is 2.39. The number of hydrogen-bond donors (Lipinski definition) is 1. The van der Waals surface area contributed by atoms with Gasteiger partial charge in [0.1, 0.15) is 5.78 Å². The van der Waals surface area contributed by atoms with Crippen LogP contribution in [0, 0.1) is 0 Å². The third kappa shape index (κ3) is 2.24. The molecule has 0 amide bonds. The summed E-state index contributed by atoms with van der Waals surface area (Å²) in [6.45, 7) is 3.71. The Morgan fingerprint density at radius 1 is 1.35 bits per heavy atom. The Bertz CT molecular complexity index is 410. The van der Waals surface area contributed by atoms with Crippen molar-refractivity contribution in [2.75, 3.05) is 13.1 Å². The number of carbonyl (C=O) groups excluding carboxylic acids is 1. The number of Topliss-reactive ketones (excluding diaryl/α,β-unsaturated/α-hetero) is 1. The van der Waals surface area contributed by atoms with E-state index in [2.05, 4.69) is 5.32 Å². The van der Waals surface area contributed by atoms with Crippen LogP contribution in [0.15, 0.2) is 24.3 Å². The zero-order valence-electron chi connectivity index (χ0n) is 10.1. The van der Waals surface area contributed by atoms with Crippen LogP contribution in [0.2, 0.25) is 5.02 Å². The predicted molar refractivity (Wildman–Crippen MR) is 70.5 cm³/mol. The molecule has 0 spiro atoms. The van der Waals surface area contributed by atoms with Gasteiger partial charge in [0.2, 0.25) is 0 Å². The van der Waals surface area contributed by atoms with Crippen LogP contribution >= 0.6 is 11.6 Å². The van der Waals surface area contributed by atoms with E-state index in [0.29, 0.717) is 12.2 Å². The summed E-state index contributed by atoms with van der Waals surface area (Å²) in [5.74, 6) is 0.312. The molecular formula is C14H18ClNO. The highest BCUT2D eigenvalue weighted by molar-refractivity contribution is 6.31.